The van der Waals surface area contributed by atoms with E-state index in [4.69, 9.17) is 5.11 Å². The second-order valence-electron chi connectivity index (χ2n) is 4.17. The molecule has 0 amide bonds. The highest BCUT2D eigenvalue weighted by atomic mass is 16.3. The van der Waals surface area contributed by atoms with Gasteiger partial charge in [-0.25, -0.2) is 4.98 Å². The molecule has 1 aliphatic rings. The monoisotopic (exact) mass is 215 g/mol. The van der Waals surface area contributed by atoms with E-state index >= 15 is 0 Å². The molecule has 2 heterocycles. The minimum absolute atomic E-state index is 0.261. The van der Waals surface area contributed by atoms with Gasteiger partial charge in [0.25, 0.3) is 0 Å². The van der Waals surface area contributed by atoms with Gasteiger partial charge in [0.2, 0.25) is 0 Å². The number of rotatable bonds is 2. The molecule has 1 aliphatic heterocycles. The fourth-order valence-electron chi connectivity index (χ4n) is 1.97. The van der Waals surface area contributed by atoms with Gasteiger partial charge in [0, 0.05) is 25.6 Å². The lowest BCUT2D eigenvalue weighted by Gasteiger charge is -2.38. The maximum atomic E-state index is 8.96. The molecule has 0 atom stereocenters. The normalized spacial score (nSPS) is 16.4. The van der Waals surface area contributed by atoms with Crippen molar-refractivity contribution in [3.05, 3.63) is 30.5 Å². The number of anilines is 1. The van der Waals surface area contributed by atoms with Crippen molar-refractivity contribution in [1.29, 1.82) is 0 Å². The van der Waals surface area contributed by atoms with Crippen LogP contribution in [-0.4, -0.2) is 34.8 Å². The molecule has 3 rings (SSSR count). The van der Waals surface area contributed by atoms with Gasteiger partial charge in [-0.1, -0.05) is 12.1 Å². The summed E-state index contributed by atoms with van der Waals surface area (Å²) in [7, 11) is 0. The molecule has 0 unspecified atom stereocenters. The number of nitrogens with zero attached hydrogens (tertiary/aromatic N) is 3. The van der Waals surface area contributed by atoms with Crippen LogP contribution in [0.4, 0.5) is 5.82 Å². The van der Waals surface area contributed by atoms with Crippen LogP contribution in [0, 0.1) is 5.92 Å². The first-order chi connectivity index (χ1) is 7.86. The Hall–Kier alpha value is -1.68. The van der Waals surface area contributed by atoms with E-state index in [2.05, 4.69) is 14.9 Å². The minimum atomic E-state index is 0.261. The molecule has 1 saturated heterocycles. The molecule has 4 heteroatoms. The van der Waals surface area contributed by atoms with Gasteiger partial charge in [0.15, 0.2) is 0 Å². The van der Waals surface area contributed by atoms with Crippen LogP contribution in [0.15, 0.2) is 30.5 Å². The Labute approximate surface area is 93.6 Å². The van der Waals surface area contributed by atoms with E-state index in [-0.39, 0.29) is 6.61 Å². The van der Waals surface area contributed by atoms with Gasteiger partial charge in [-0.2, -0.15) is 0 Å². The molecule has 1 aromatic heterocycles. The van der Waals surface area contributed by atoms with Crippen molar-refractivity contribution in [1.82, 2.24) is 9.97 Å². The largest absolute Gasteiger partial charge is 0.396 e. The number of aromatic nitrogens is 2. The lowest BCUT2D eigenvalue weighted by molar-refractivity contribution is 0.200. The maximum absolute atomic E-state index is 8.96. The standard InChI is InChI=1S/C12H13N3O/c16-8-9-6-15(7-9)12-5-13-10-3-1-2-4-11(10)14-12/h1-5,9,16H,6-8H2. The van der Waals surface area contributed by atoms with Gasteiger partial charge in [0.05, 0.1) is 17.2 Å². The fourth-order valence-corrected chi connectivity index (χ4v) is 1.97. The molecule has 0 spiro atoms. The lowest BCUT2D eigenvalue weighted by Crippen LogP contribution is -2.48. The van der Waals surface area contributed by atoms with E-state index in [1.54, 1.807) is 6.20 Å². The average molecular weight is 215 g/mol. The number of hydrogen-bond donors (Lipinski definition) is 1. The second-order valence-corrected chi connectivity index (χ2v) is 4.17. The number of para-hydroxylation sites is 2. The van der Waals surface area contributed by atoms with E-state index in [0.717, 1.165) is 29.9 Å². The number of aliphatic hydroxyl groups excluding tert-OH is 1. The van der Waals surface area contributed by atoms with Crippen molar-refractivity contribution in [3.8, 4) is 0 Å². The highest BCUT2D eigenvalue weighted by Gasteiger charge is 2.27. The number of benzene rings is 1. The highest BCUT2D eigenvalue weighted by Crippen LogP contribution is 2.23. The van der Waals surface area contributed by atoms with Crippen molar-refractivity contribution in [2.75, 3.05) is 24.6 Å². The summed E-state index contributed by atoms with van der Waals surface area (Å²) in [5, 5.41) is 8.96. The molecule has 2 aromatic rings. The Morgan fingerprint density at radius 2 is 2.00 bits per heavy atom. The Morgan fingerprint density at radius 1 is 1.25 bits per heavy atom. The topological polar surface area (TPSA) is 49.2 Å². The number of hydrogen-bond acceptors (Lipinski definition) is 4. The van der Waals surface area contributed by atoms with Crippen molar-refractivity contribution in [2.45, 2.75) is 0 Å². The van der Waals surface area contributed by atoms with Gasteiger partial charge in [-0.3, -0.25) is 4.98 Å². The summed E-state index contributed by atoms with van der Waals surface area (Å²) in [6.45, 7) is 2.02. The van der Waals surface area contributed by atoms with Gasteiger partial charge in [0.1, 0.15) is 5.82 Å². The first-order valence-electron chi connectivity index (χ1n) is 5.44. The molecular weight excluding hydrogens is 202 g/mol. The molecule has 0 saturated carbocycles. The van der Waals surface area contributed by atoms with Crippen molar-refractivity contribution in [3.63, 3.8) is 0 Å². The predicted octanol–water partition coefficient (Wildman–Crippen LogP) is 1.06. The first kappa shape index (κ1) is 9.54. The van der Waals surface area contributed by atoms with Crippen molar-refractivity contribution in [2.24, 2.45) is 5.92 Å². The third kappa shape index (κ3) is 1.51. The van der Waals surface area contributed by atoms with Crippen LogP contribution in [0.25, 0.3) is 11.0 Å². The van der Waals surface area contributed by atoms with Gasteiger partial charge in [-0.05, 0) is 12.1 Å². The molecule has 0 aliphatic carbocycles. The van der Waals surface area contributed by atoms with E-state index in [9.17, 15) is 0 Å². The maximum Gasteiger partial charge on any atom is 0.147 e. The predicted molar refractivity (Wildman–Crippen MR) is 62.3 cm³/mol. The average Bonchev–Trinajstić information content (AvgIpc) is 2.27. The fraction of sp³-hybridized carbons (Fsp3) is 0.333. The molecule has 4 nitrogen and oxygen atoms in total. The smallest absolute Gasteiger partial charge is 0.147 e. The van der Waals surface area contributed by atoms with Crippen molar-refractivity contribution < 1.29 is 5.11 Å². The SMILES string of the molecule is OCC1CN(c2cnc3ccccc3n2)C1. The zero-order chi connectivity index (χ0) is 11.0. The van der Waals surface area contributed by atoms with Crippen LogP contribution in [-0.2, 0) is 0 Å². The van der Waals surface area contributed by atoms with Crippen LogP contribution in [0.1, 0.15) is 0 Å². The van der Waals surface area contributed by atoms with Crippen LogP contribution in [0.3, 0.4) is 0 Å². The van der Waals surface area contributed by atoms with E-state index < -0.39 is 0 Å². The minimum Gasteiger partial charge on any atom is -0.396 e. The summed E-state index contributed by atoms with van der Waals surface area (Å²) in [5.74, 6) is 1.30. The quantitative estimate of drug-likeness (QED) is 0.813. The zero-order valence-electron chi connectivity index (χ0n) is 8.87. The Balaban J connectivity index is 1.89. The summed E-state index contributed by atoms with van der Waals surface area (Å²) in [5.41, 5.74) is 1.85. The van der Waals surface area contributed by atoms with E-state index in [1.165, 1.54) is 0 Å². The van der Waals surface area contributed by atoms with Crippen LogP contribution < -0.4 is 4.90 Å². The molecule has 16 heavy (non-hydrogen) atoms. The lowest BCUT2D eigenvalue weighted by atomic mass is 10.0. The Kier molecular flexibility index (Phi) is 2.22. The van der Waals surface area contributed by atoms with E-state index in [1.807, 2.05) is 24.3 Å². The second kappa shape index (κ2) is 3.72. The third-order valence-corrected chi connectivity index (χ3v) is 2.98. The molecule has 1 fully saturated rings. The molecule has 0 bridgehead atoms. The summed E-state index contributed by atoms with van der Waals surface area (Å²) in [6.07, 6.45) is 1.80. The molecule has 0 radical (unpaired) electrons. The zero-order valence-corrected chi connectivity index (χ0v) is 8.87. The first-order valence-corrected chi connectivity index (χ1v) is 5.44. The van der Waals surface area contributed by atoms with Crippen molar-refractivity contribution >= 4 is 16.9 Å². The third-order valence-electron chi connectivity index (χ3n) is 2.98. The molecular formula is C12H13N3O. The Bertz CT molecular complexity index is 508. The van der Waals surface area contributed by atoms with Gasteiger partial charge >= 0.3 is 0 Å². The molecule has 82 valence electrons. The summed E-state index contributed by atoms with van der Waals surface area (Å²) in [4.78, 5) is 11.1. The van der Waals surface area contributed by atoms with Gasteiger partial charge in [-0.15, -0.1) is 0 Å². The number of aliphatic hydroxyl groups is 1. The summed E-state index contributed by atoms with van der Waals surface area (Å²) in [6, 6.07) is 7.85. The van der Waals surface area contributed by atoms with Crippen LogP contribution >= 0.6 is 0 Å². The van der Waals surface area contributed by atoms with Crippen LogP contribution in [0.5, 0.6) is 0 Å². The molecule has 1 aromatic carbocycles. The summed E-state index contributed by atoms with van der Waals surface area (Å²) < 4.78 is 0. The highest BCUT2D eigenvalue weighted by molar-refractivity contribution is 5.75. The van der Waals surface area contributed by atoms with Gasteiger partial charge < -0.3 is 10.0 Å². The van der Waals surface area contributed by atoms with E-state index in [0.29, 0.717) is 5.92 Å². The molecule has 1 N–H and O–H groups in total. The summed E-state index contributed by atoms with van der Waals surface area (Å²) >= 11 is 0. The number of fused-ring (bicyclic) bond motifs is 1. The van der Waals surface area contributed by atoms with Crippen LogP contribution in [0.2, 0.25) is 0 Å². The Morgan fingerprint density at radius 3 is 2.75 bits per heavy atom.